The van der Waals surface area contributed by atoms with Crippen LogP contribution in [0.15, 0.2) is 16.3 Å². The van der Waals surface area contributed by atoms with Crippen molar-refractivity contribution in [1.29, 1.82) is 0 Å². The predicted octanol–water partition coefficient (Wildman–Crippen LogP) is 1.09. The number of alkyl halides is 5. The number of hydroxylamine groups is 2. The quantitative estimate of drug-likeness (QED) is 0.583. The topological polar surface area (TPSA) is 102 Å². The van der Waals surface area contributed by atoms with Crippen LogP contribution in [0.2, 0.25) is 0 Å². The Bertz CT molecular complexity index is 742. The Labute approximate surface area is 142 Å². The summed E-state index contributed by atoms with van der Waals surface area (Å²) < 4.78 is 66.8. The maximum Gasteiger partial charge on any atom is 0.431 e. The van der Waals surface area contributed by atoms with Crippen LogP contribution in [-0.4, -0.2) is 47.2 Å². The lowest BCUT2D eigenvalue weighted by Crippen LogP contribution is -2.34. The van der Waals surface area contributed by atoms with E-state index in [1.807, 2.05) is 0 Å². The Hall–Kier alpha value is -2.53. The number of hydrogen-bond donors (Lipinski definition) is 1. The monoisotopic (exact) mass is 381 g/mol. The number of hydrogen-bond acceptors (Lipinski definition) is 6. The number of imide groups is 1. The maximum atomic E-state index is 14.2. The first-order valence-corrected chi connectivity index (χ1v) is 7.51. The number of rotatable bonds is 3. The fourth-order valence-corrected chi connectivity index (χ4v) is 3.05. The molecule has 12 heteroatoms. The molecular weight excluding hydrogens is 369 g/mol. The Morgan fingerprint density at radius 1 is 1.27 bits per heavy atom. The molecule has 3 rings (SSSR count). The van der Waals surface area contributed by atoms with E-state index < -0.39 is 65.2 Å². The van der Waals surface area contributed by atoms with E-state index in [0.29, 0.717) is 0 Å². The molecule has 2 aliphatic carbocycles. The van der Waals surface area contributed by atoms with Crippen LogP contribution >= 0.6 is 0 Å². The number of nitrogens with two attached hydrogens (primary N) is 1. The summed E-state index contributed by atoms with van der Waals surface area (Å²) in [7, 11) is 0. The number of carbonyl (C=O) groups excluding carboxylic acids is 3. The largest absolute Gasteiger partial charge is 0.431 e. The molecule has 2 saturated carbocycles. The van der Waals surface area contributed by atoms with Gasteiger partial charge in [0.15, 0.2) is 0 Å². The molecule has 2 atom stereocenters. The average molecular weight is 381 g/mol. The molecule has 0 radical (unpaired) electrons. The molecule has 1 saturated heterocycles. The van der Waals surface area contributed by atoms with Gasteiger partial charge in [-0.05, 0) is 12.3 Å². The summed E-state index contributed by atoms with van der Waals surface area (Å²) >= 11 is 0. The summed E-state index contributed by atoms with van der Waals surface area (Å²) in [6.45, 7) is -1.09. The molecule has 0 spiro atoms. The van der Waals surface area contributed by atoms with Gasteiger partial charge in [0.2, 0.25) is 0 Å². The van der Waals surface area contributed by atoms with E-state index in [2.05, 4.69) is 9.83 Å². The zero-order chi connectivity index (χ0) is 19.4. The Kier molecular flexibility index (Phi) is 4.03. The van der Waals surface area contributed by atoms with Gasteiger partial charge >= 0.3 is 12.1 Å². The van der Waals surface area contributed by atoms with E-state index in [4.69, 9.17) is 5.73 Å². The lowest BCUT2D eigenvalue weighted by Gasteiger charge is -2.17. The molecule has 2 N–H and O–H groups in total. The third-order valence-electron chi connectivity index (χ3n) is 4.36. The minimum Gasteiger partial charge on any atom is -0.394 e. The smallest absolute Gasteiger partial charge is 0.394 e. The molecule has 1 heterocycles. The highest BCUT2D eigenvalue weighted by atomic mass is 19.4. The van der Waals surface area contributed by atoms with Crippen LogP contribution < -0.4 is 5.73 Å². The SMILES string of the molecule is NC(=C1C(=NCC(=O)ON2C(=O)CCC2=O)C(F)(F)[C@@H]2C[C@H]12)C(F)(F)F. The van der Waals surface area contributed by atoms with E-state index in [1.165, 1.54) is 0 Å². The van der Waals surface area contributed by atoms with Crippen LogP contribution in [0.3, 0.4) is 0 Å². The summed E-state index contributed by atoms with van der Waals surface area (Å²) in [6, 6.07) is 0. The zero-order valence-electron chi connectivity index (χ0n) is 13.0. The maximum absolute atomic E-state index is 14.2. The molecule has 0 aromatic carbocycles. The van der Waals surface area contributed by atoms with Gasteiger partial charge in [0.25, 0.3) is 17.7 Å². The first-order chi connectivity index (χ1) is 11.9. The van der Waals surface area contributed by atoms with Crippen molar-refractivity contribution in [2.24, 2.45) is 22.6 Å². The van der Waals surface area contributed by atoms with E-state index in [9.17, 15) is 36.3 Å². The van der Waals surface area contributed by atoms with Gasteiger partial charge in [-0.25, -0.2) is 4.79 Å². The summed E-state index contributed by atoms with van der Waals surface area (Å²) in [5.74, 6) is -8.97. The van der Waals surface area contributed by atoms with Crippen LogP contribution in [0.1, 0.15) is 19.3 Å². The molecule has 142 valence electrons. The number of allylic oxidation sites excluding steroid dienone is 2. The standard InChI is InChI=1S/C14H12F5N3O4/c15-13(16)6-3-5(6)10(11(20)14(17,18)19)12(13)21-4-9(25)26-22-7(23)1-2-8(22)24/h5-6H,1-4,20H2/t5-,6+/m0/s1. The Morgan fingerprint density at radius 2 is 1.85 bits per heavy atom. The molecule has 7 nitrogen and oxygen atoms in total. The lowest BCUT2D eigenvalue weighted by atomic mass is 10.0. The molecule has 0 aromatic heterocycles. The van der Waals surface area contributed by atoms with E-state index in [1.54, 1.807) is 0 Å². The molecule has 2 amide bonds. The number of aliphatic imine (C=N–C) groups is 1. The van der Waals surface area contributed by atoms with Crippen molar-refractivity contribution in [3.63, 3.8) is 0 Å². The molecule has 3 aliphatic rings. The lowest BCUT2D eigenvalue weighted by molar-refractivity contribution is -0.196. The second-order valence-corrected chi connectivity index (χ2v) is 6.11. The summed E-state index contributed by atoms with van der Waals surface area (Å²) in [4.78, 5) is 42.0. The number of carbonyl (C=O) groups is 3. The second-order valence-electron chi connectivity index (χ2n) is 6.11. The van der Waals surface area contributed by atoms with E-state index in [0.717, 1.165) is 0 Å². The summed E-state index contributed by atoms with van der Waals surface area (Å²) in [5, 5.41) is 0.188. The van der Waals surface area contributed by atoms with Crippen LogP contribution in [-0.2, 0) is 19.2 Å². The van der Waals surface area contributed by atoms with Gasteiger partial charge in [-0.15, -0.1) is 5.06 Å². The van der Waals surface area contributed by atoms with Gasteiger partial charge in [-0.1, -0.05) is 0 Å². The van der Waals surface area contributed by atoms with Crippen LogP contribution in [0, 0.1) is 11.8 Å². The van der Waals surface area contributed by atoms with Crippen LogP contribution in [0.4, 0.5) is 22.0 Å². The second kappa shape index (κ2) is 5.74. The van der Waals surface area contributed by atoms with Crippen molar-refractivity contribution < 1.29 is 41.2 Å². The number of halogens is 5. The van der Waals surface area contributed by atoms with Crippen molar-refractivity contribution in [1.82, 2.24) is 5.06 Å². The molecular formula is C14H12F5N3O4. The molecule has 0 aromatic rings. The van der Waals surface area contributed by atoms with Crippen LogP contribution in [0.5, 0.6) is 0 Å². The Balaban J connectivity index is 1.81. The number of amides is 2. The van der Waals surface area contributed by atoms with E-state index in [-0.39, 0.29) is 24.3 Å². The highest BCUT2D eigenvalue weighted by Gasteiger charge is 2.68. The minimum absolute atomic E-state index is 0.153. The molecule has 0 bridgehead atoms. The van der Waals surface area contributed by atoms with Gasteiger partial charge in [0.05, 0.1) is 0 Å². The fourth-order valence-electron chi connectivity index (χ4n) is 3.05. The van der Waals surface area contributed by atoms with Gasteiger partial charge in [-0.3, -0.25) is 14.6 Å². The first kappa shape index (κ1) is 18.3. The number of nitrogens with zero attached hydrogens (tertiary/aromatic N) is 2. The third-order valence-corrected chi connectivity index (χ3v) is 4.36. The third kappa shape index (κ3) is 2.92. The van der Waals surface area contributed by atoms with Crippen molar-refractivity contribution in [2.75, 3.05) is 6.54 Å². The van der Waals surface area contributed by atoms with Crippen LogP contribution in [0.25, 0.3) is 0 Å². The van der Waals surface area contributed by atoms with Gasteiger partial charge in [0, 0.05) is 24.3 Å². The van der Waals surface area contributed by atoms with Gasteiger partial charge in [-0.2, -0.15) is 22.0 Å². The molecule has 0 unspecified atom stereocenters. The minimum atomic E-state index is -5.02. The Morgan fingerprint density at radius 3 is 2.38 bits per heavy atom. The normalized spacial score (nSPS) is 30.7. The van der Waals surface area contributed by atoms with Gasteiger partial charge in [0.1, 0.15) is 18.0 Å². The highest BCUT2D eigenvalue weighted by Crippen LogP contribution is 2.62. The van der Waals surface area contributed by atoms with E-state index >= 15 is 0 Å². The average Bonchev–Trinajstić information content (AvgIpc) is 3.22. The summed E-state index contributed by atoms with van der Waals surface area (Å²) in [6.07, 6.45) is -5.51. The van der Waals surface area contributed by atoms with Gasteiger partial charge < -0.3 is 10.6 Å². The summed E-state index contributed by atoms with van der Waals surface area (Å²) in [5.41, 5.74) is 1.30. The van der Waals surface area contributed by atoms with Crippen molar-refractivity contribution in [3.8, 4) is 0 Å². The predicted molar refractivity (Wildman–Crippen MR) is 73.3 cm³/mol. The molecule has 3 fully saturated rings. The number of fused-ring (bicyclic) bond motifs is 1. The highest BCUT2D eigenvalue weighted by molar-refractivity contribution is 6.11. The molecule has 1 aliphatic heterocycles. The first-order valence-electron chi connectivity index (χ1n) is 7.51. The fraction of sp³-hybridized carbons (Fsp3) is 0.571. The van der Waals surface area contributed by atoms with Crippen molar-refractivity contribution in [2.45, 2.75) is 31.4 Å². The van der Waals surface area contributed by atoms with Crippen molar-refractivity contribution in [3.05, 3.63) is 11.3 Å². The zero-order valence-corrected chi connectivity index (χ0v) is 13.0. The molecule has 26 heavy (non-hydrogen) atoms. The van der Waals surface area contributed by atoms with Crippen molar-refractivity contribution >= 4 is 23.5 Å².